The molecule has 14 heavy (non-hydrogen) atoms. The Kier molecular flexibility index (Phi) is 5.49. The van der Waals surface area contributed by atoms with Crippen LogP contribution >= 0.6 is 0 Å². The SMILES string of the molecule is CCCCCN1CC(C)NCC1CC. The zero-order chi connectivity index (χ0) is 10.4. The summed E-state index contributed by atoms with van der Waals surface area (Å²) in [4.78, 5) is 2.68. The largest absolute Gasteiger partial charge is 0.311 e. The highest BCUT2D eigenvalue weighted by molar-refractivity contribution is 4.82. The summed E-state index contributed by atoms with van der Waals surface area (Å²) >= 11 is 0. The highest BCUT2D eigenvalue weighted by Gasteiger charge is 2.23. The molecular weight excluding hydrogens is 172 g/mol. The van der Waals surface area contributed by atoms with Crippen molar-refractivity contribution >= 4 is 0 Å². The Hall–Kier alpha value is -0.0800. The first kappa shape index (κ1) is 12.0. The molecule has 1 saturated heterocycles. The molecule has 2 nitrogen and oxygen atoms in total. The van der Waals surface area contributed by atoms with Gasteiger partial charge in [0, 0.05) is 25.2 Å². The second-order valence-electron chi connectivity index (χ2n) is 4.57. The lowest BCUT2D eigenvalue weighted by Crippen LogP contribution is -2.55. The highest BCUT2D eigenvalue weighted by atomic mass is 15.2. The Morgan fingerprint density at radius 2 is 2.07 bits per heavy atom. The Balaban J connectivity index is 2.29. The monoisotopic (exact) mass is 198 g/mol. The third-order valence-corrected chi connectivity index (χ3v) is 3.25. The summed E-state index contributed by atoms with van der Waals surface area (Å²) in [6.07, 6.45) is 5.37. The van der Waals surface area contributed by atoms with Crippen molar-refractivity contribution in [3.63, 3.8) is 0 Å². The molecule has 1 aliphatic rings. The zero-order valence-electron chi connectivity index (χ0n) is 10.1. The van der Waals surface area contributed by atoms with Crippen LogP contribution in [0.4, 0.5) is 0 Å². The first-order chi connectivity index (χ1) is 6.77. The van der Waals surface area contributed by atoms with Crippen LogP contribution in [0.1, 0.15) is 46.5 Å². The van der Waals surface area contributed by atoms with Gasteiger partial charge in [0.2, 0.25) is 0 Å². The van der Waals surface area contributed by atoms with E-state index in [9.17, 15) is 0 Å². The van der Waals surface area contributed by atoms with Crippen molar-refractivity contribution in [3.8, 4) is 0 Å². The molecule has 84 valence electrons. The second-order valence-corrected chi connectivity index (χ2v) is 4.57. The van der Waals surface area contributed by atoms with E-state index in [0.29, 0.717) is 6.04 Å². The van der Waals surface area contributed by atoms with E-state index >= 15 is 0 Å². The van der Waals surface area contributed by atoms with E-state index in [-0.39, 0.29) is 0 Å². The molecule has 0 aliphatic carbocycles. The van der Waals surface area contributed by atoms with E-state index in [1.165, 1.54) is 45.3 Å². The summed E-state index contributed by atoms with van der Waals surface area (Å²) in [6, 6.07) is 1.46. The maximum absolute atomic E-state index is 3.56. The second kappa shape index (κ2) is 6.41. The normalized spacial score (nSPS) is 29.4. The molecule has 1 heterocycles. The summed E-state index contributed by atoms with van der Waals surface area (Å²) in [5, 5.41) is 3.56. The molecule has 0 saturated carbocycles. The highest BCUT2D eigenvalue weighted by Crippen LogP contribution is 2.11. The molecular formula is C12H26N2. The molecule has 1 aliphatic heterocycles. The lowest BCUT2D eigenvalue weighted by molar-refractivity contribution is 0.129. The van der Waals surface area contributed by atoms with Gasteiger partial charge in [-0.25, -0.2) is 0 Å². The van der Waals surface area contributed by atoms with Crippen LogP contribution in [0, 0.1) is 0 Å². The average molecular weight is 198 g/mol. The number of nitrogens with zero attached hydrogens (tertiary/aromatic N) is 1. The van der Waals surface area contributed by atoms with Gasteiger partial charge < -0.3 is 5.32 Å². The first-order valence-electron chi connectivity index (χ1n) is 6.25. The summed E-state index contributed by atoms with van der Waals surface area (Å²) < 4.78 is 0. The van der Waals surface area contributed by atoms with Gasteiger partial charge in [0.25, 0.3) is 0 Å². The van der Waals surface area contributed by atoms with Crippen LogP contribution in [0.15, 0.2) is 0 Å². The molecule has 0 aromatic carbocycles. The van der Waals surface area contributed by atoms with Gasteiger partial charge in [0.15, 0.2) is 0 Å². The van der Waals surface area contributed by atoms with Crippen molar-refractivity contribution in [3.05, 3.63) is 0 Å². The van der Waals surface area contributed by atoms with Gasteiger partial charge >= 0.3 is 0 Å². The van der Waals surface area contributed by atoms with Crippen LogP contribution in [0.3, 0.4) is 0 Å². The maximum atomic E-state index is 3.56. The predicted molar refractivity (Wildman–Crippen MR) is 62.6 cm³/mol. The zero-order valence-corrected chi connectivity index (χ0v) is 10.1. The molecule has 2 unspecified atom stereocenters. The molecule has 2 atom stereocenters. The molecule has 0 aromatic heterocycles. The van der Waals surface area contributed by atoms with Gasteiger partial charge in [0.05, 0.1) is 0 Å². The predicted octanol–water partition coefficient (Wildman–Crippen LogP) is 2.25. The number of piperazine rings is 1. The van der Waals surface area contributed by atoms with E-state index in [4.69, 9.17) is 0 Å². The smallest absolute Gasteiger partial charge is 0.0218 e. The summed E-state index contributed by atoms with van der Waals surface area (Å²) in [5.74, 6) is 0. The number of hydrogen-bond donors (Lipinski definition) is 1. The van der Waals surface area contributed by atoms with Crippen molar-refractivity contribution in [2.24, 2.45) is 0 Å². The van der Waals surface area contributed by atoms with Gasteiger partial charge in [-0.3, -0.25) is 4.90 Å². The third kappa shape index (κ3) is 3.58. The van der Waals surface area contributed by atoms with Crippen LogP contribution in [-0.2, 0) is 0 Å². The van der Waals surface area contributed by atoms with Crippen molar-refractivity contribution in [2.75, 3.05) is 19.6 Å². The first-order valence-corrected chi connectivity index (χ1v) is 6.25. The fourth-order valence-electron chi connectivity index (χ4n) is 2.27. The lowest BCUT2D eigenvalue weighted by Gasteiger charge is -2.39. The topological polar surface area (TPSA) is 15.3 Å². The molecule has 0 bridgehead atoms. The van der Waals surface area contributed by atoms with Crippen molar-refractivity contribution in [1.82, 2.24) is 10.2 Å². The lowest BCUT2D eigenvalue weighted by atomic mass is 10.1. The van der Waals surface area contributed by atoms with E-state index in [1.807, 2.05) is 0 Å². The van der Waals surface area contributed by atoms with E-state index in [2.05, 4.69) is 31.0 Å². The van der Waals surface area contributed by atoms with E-state index in [0.717, 1.165) is 6.04 Å². The van der Waals surface area contributed by atoms with Gasteiger partial charge in [-0.2, -0.15) is 0 Å². The Morgan fingerprint density at radius 3 is 2.71 bits per heavy atom. The van der Waals surface area contributed by atoms with Crippen LogP contribution < -0.4 is 5.32 Å². The average Bonchev–Trinajstić information content (AvgIpc) is 2.19. The van der Waals surface area contributed by atoms with Gasteiger partial charge in [-0.15, -0.1) is 0 Å². The number of nitrogens with one attached hydrogen (secondary N) is 1. The minimum atomic E-state index is 0.680. The summed E-state index contributed by atoms with van der Waals surface area (Å²) in [6.45, 7) is 10.6. The number of hydrogen-bond acceptors (Lipinski definition) is 2. The fraction of sp³-hybridized carbons (Fsp3) is 1.00. The molecule has 0 radical (unpaired) electrons. The number of rotatable bonds is 5. The summed E-state index contributed by atoms with van der Waals surface area (Å²) in [7, 11) is 0. The molecule has 0 spiro atoms. The Bertz CT molecular complexity index is 147. The Morgan fingerprint density at radius 1 is 1.29 bits per heavy atom. The fourth-order valence-corrected chi connectivity index (χ4v) is 2.27. The van der Waals surface area contributed by atoms with Gasteiger partial charge in [-0.05, 0) is 26.3 Å². The third-order valence-electron chi connectivity index (χ3n) is 3.25. The van der Waals surface area contributed by atoms with Crippen molar-refractivity contribution < 1.29 is 0 Å². The van der Waals surface area contributed by atoms with Crippen LogP contribution in [0.25, 0.3) is 0 Å². The molecule has 1 rings (SSSR count). The molecule has 0 amide bonds. The molecule has 2 heteroatoms. The summed E-state index contributed by atoms with van der Waals surface area (Å²) in [5.41, 5.74) is 0. The standard InChI is InChI=1S/C12H26N2/c1-4-6-7-8-14-10-11(3)13-9-12(14)5-2/h11-13H,4-10H2,1-3H3. The molecule has 0 aromatic rings. The van der Waals surface area contributed by atoms with Crippen LogP contribution in [0.5, 0.6) is 0 Å². The maximum Gasteiger partial charge on any atom is 0.0218 e. The van der Waals surface area contributed by atoms with Gasteiger partial charge in [0.1, 0.15) is 0 Å². The minimum Gasteiger partial charge on any atom is -0.311 e. The Labute approximate surface area is 89.1 Å². The van der Waals surface area contributed by atoms with Crippen molar-refractivity contribution in [2.45, 2.75) is 58.5 Å². The van der Waals surface area contributed by atoms with Gasteiger partial charge in [-0.1, -0.05) is 26.7 Å². The van der Waals surface area contributed by atoms with Crippen LogP contribution in [0.2, 0.25) is 0 Å². The minimum absolute atomic E-state index is 0.680. The van der Waals surface area contributed by atoms with Crippen molar-refractivity contribution in [1.29, 1.82) is 0 Å². The quantitative estimate of drug-likeness (QED) is 0.682. The molecule has 1 fully saturated rings. The van der Waals surface area contributed by atoms with E-state index < -0.39 is 0 Å². The van der Waals surface area contributed by atoms with E-state index in [1.54, 1.807) is 0 Å². The number of unbranched alkanes of at least 4 members (excludes halogenated alkanes) is 2. The van der Waals surface area contributed by atoms with Crippen LogP contribution in [-0.4, -0.2) is 36.6 Å². The molecule has 1 N–H and O–H groups in total.